The summed E-state index contributed by atoms with van der Waals surface area (Å²) in [5.74, 6) is -0.740. The second-order valence-corrected chi connectivity index (χ2v) is 8.19. The summed E-state index contributed by atoms with van der Waals surface area (Å²) in [5, 5.41) is 5.32. The van der Waals surface area contributed by atoms with Crippen molar-refractivity contribution < 1.29 is 22.4 Å². The van der Waals surface area contributed by atoms with E-state index >= 15 is 0 Å². The third kappa shape index (κ3) is 5.14. The number of halogens is 1. The molecule has 0 aromatic heterocycles. The molecule has 2 amide bonds. The van der Waals surface area contributed by atoms with E-state index in [1.54, 1.807) is 12.1 Å². The van der Waals surface area contributed by atoms with Gasteiger partial charge in [-0.3, -0.25) is 9.59 Å². The van der Waals surface area contributed by atoms with Crippen LogP contribution in [0.1, 0.15) is 17.5 Å². The van der Waals surface area contributed by atoms with Crippen LogP contribution in [0.5, 0.6) is 0 Å². The van der Waals surface area contributed by atoms with Gasteiger partial charge >= 0.3 is 0 Å². The molecule has 1 aliphatic rings. The van der Waals surface area contributed by atoms with Crippen molar-refractivity contribution in [3.63, 3.8) is 0 Å². The van der Waals surface area contributed by atoms with Gasteiger partial charge in [-0.15, -0.1) is 0 Å². The van der Waals surface area contributed by atoms with E-state index in [0.717, 1.165) is 5.56 Å². The van der Waals surface area contributed by atoms with Crippen LogP contribution in [-0.2, 0) is 32.5 Å². The Labute approximate surface area is 162 Å². The maximum Gasteiger partial charge on any atom is 0.240 e. The minimum atomic E-state index is -3.72. The molecule has 0 spiro atoms. The molecule has 2 aromatic rings. The Bertz CT molecular complexity index is 991. The molecule has 0 bridgehead atoms. The van der Waals surface area contributed by atoms with E-state index < -0.39 is 10.0 Å². The molecule has 0 aliphatic carbocycles. The van der Waals surface area contributed by atoms with Gasteiger partial charge < -0.3 is 10.6 Å². The lowest BCUT2D eigenvalue weighted by molar-refractivity contribution is -0.120. The van der Waals surface area contributed by atoms with E-state index in [4.69, 9.17) is 0 Å². The number of benzene rings is 2. The Balaban J connectivity index is 1.49. The summed E-state index contributed by atoms with van der Waals surface area (Å²) in [6.45, 7) is 0.158. The molecule has 28 heavy (non-hydrogen) atoms. The molecule has 0 saturated heterocycles. The molecule has 1 aliphatic heterocycles. The number of carbonyl (C=O) groups excluding carboxylic acids is 2. The standard InChI is InChI=1S/C19H20FN3O4S/c20-15-4-1-13(2-5-15)11-19(25)21-9-10-22-28(26,27)16-6-7-17-14(12-16)3-8-18(24)23-17/h1-2,4-7,12,22H,3,8-11H2,(H,21,25)(H,23,24). The van der Waals surface area contributed by atoms with Gasteiger partial charge in [-0.05, 0) is 47.9 Å². The molecule has 2 aromatic carbocycles. The van der Waals surface area contributed by atoms with Crippen LogP contribution < -0.4 is 15.4 Å². The number of amides is 2. The third-order valence-electron chi connectivity index (χ3n) is 4.30. The zero-order valence-electron chi connectivity index (χ0n) is 15.0. The average Bonchev–Trinajstić information content (AvgIpc) is 2.66. The van der Waals surface area contributed by atoms with Crippen LogP contribution in [0.15, 0.2) is 47.4 Å². The highest BCUT2D eigenvalue weighted by molar-refractivity contribution is 7.89. The number of rotatable bonds is 7. The Morgan fingerprint density at radius 2 is 1.82 bits per heavy atom. The Morgan fingerprint density at radius 3 is 2.57 bits per heavy atom. The van der Waals surface area contributed by atoms with Crippen LogP contribution in [0.3, 0.4) is 0 Å². The molecule has 0 fully saturated rings. The Kier molecular flexibility index (Phi) is 6.05. The van der Waals surface area contributed by atoms with Gasteiger partial charge in [0.15, 0.2) is 0 Å². The smallest absolute Gasteiger partial charge is 0.240 e. The lowest BCUT2D eigenvalue weighted by Gasteiger charge is -2.17. The van der Waals surface area contributed by atoms with Crippen molar-refractivity contribution >= 4 is 27.5 Å². The van der Waals surface area contributed by atoms with Crippen molar-refractivity contribution in [2.75, 3.05) is 18.4 Å². The fourth-order valence-electron chi connectivity index (χ4n) is 2.85. The first-order valence-corrected chi connectivity index (χ1v) is 10.3. The number of carbonyl (C=O) groups is 2. The maximum absolute atomic E-state index is 12.9. The van der Waals surface area contributed by atoms with Crippen molar-refractivity contribution in [3.05, 3.63) is 59.4 Å². The number of aryl methyl sites for hydroxylation is 1. The molecule has 1 heterocycles. The second kappa shape index (κ2) is 8.49. The van der Waals surface area contributed by atoms with Crippen LogP contribution in [0, 0.1) is 5.82 Å². The summed E-state index contributed by atoms with van der Waals surface area (Å²) in [7, 11) is -3.72. The van der Waals surface area contributed by atoms with E-state index in [-0.39, 0.29) is 42.0 Å². The Morgan fingerprint density at radius 1 is 1.07 bits per heavy atom. The quantitative estimate of drug-likeness (QED) is 0.605. The molecular formula is C19H20FN3O4S. The first-order valence-electron chi connectivity index (χ1n) is 8.77. The van der Waals surface area contributed by atoms with Gasteiger partial charge in [-0.2, -0.15) is 0 Å². The fourth-order valence-corrected chi connectivity index (χ4v) is 3.93. The number of anilines is 1. The molecule has 3 rings (SSSR count). The summed E-state index contributed by atoms with van der Waals surface area (Å²) >= 11 is 0. The first-order chi connectivity index (χ1) is 13.3. The highest BCUT2D eigenvalue weighted by atomic mass is 32.2. The van der Waals surface area contributed by atoms with Gasteiger partial charge in [0.25, 0.3) is 0 Å². The van der Waals surface area contributed by atoms with Crippen LogP contribution >= 0.6 is 0 Å². The second-order valence-electron chi connectivity index (χ2n) is 6.42. The summed E-state index contributed by atoms with van der Waals surface area (Å²) in [5.41, 5.74) is 2.07. The van der Waals surface area contributed by atoms with Crippen molar-refractivity contribution in [3.8, 4) is 0 Å². The molecule has 0 radical (unpaired) electrons. The predicted molar refractivity (Wildman–Crippen MR) is 102 cm³/mol. The minimum Gasteiger partial charge on any atom is -0.355 e. The summed E-state index contributed by atoms with van der Waals surface area (Å²) in [4.78, 5) is 23.3. The van der Waals surface area contributed by atoms with E-state index in [1.165, 1.54) is 30.3 Å². The molecule has 9 heteroatoms. The lowest BCUT2D eigenvalue weighted by Crippen LogP contribution is -2.35. The van der Waals surface area contributed by atoms with E-state index in [9.17, 15) is 22.4 Å². The monoisotopic (exact) mass is 405 g/mol. The molecule has 7 nitrogen and oxygen atoms in total. The van der Waals surface area contributed by atoms with Gasteiger partial charge in [0.05, 0.1) is 11.3 Å². The zero-order valence-corrected chi connectivity index (χ0v) is 15.8. The SMILES string of the molecule is O=C(Cc1ccc(F)cc1)NCCNS(=O)(=O)c1ccc2c(c1)CCC(=O)N2. The van der Waals surface area contributed by atoms with Crippen molar-refractivity contribution in [1.29, 1.82) is 0 Å². The van der Waals surface area contributed by atoms with Gasteiger partial charge in [0.2, 0.25) is 21.8 Å². The van der Waals surface area contributed by atoms with E-state index in [0.29, 0.717) is 24.1 Å². The number of hydrogen-bond donors (Lipinski definition) is 3. The van der Waals surface area contributed by atoms with Crippen LogP contribution in [0.2, 0.25) is 0 Å². The normalized spacial score (nSPS) is 13.5. The molecular weight excluding hydrogens is 385 g/mol. The number of nitrogens with one attached hydrogen (secondary N) is 3. The summed E-state index contributed by atoms with van der Waals surface area (Å²) in [6.07, 6.45) is 0.900. The number of fused-ring (bicyclic) bond motifs is 1. The third-order valence-corrected chi connectivity index (χ3v) is 5.76. The fraction of sp³-hybridized carbons (Fsp3) is 0.263. The van der Waals surface area contributed by atoms with Gasteiger partial charge in [-0.1, -0.05) is 12.1 Å². The predicted octanol–water partition coefficient (Wildman–Crippen LogP) is 1.35. The van der Waals surface area contributed by atoms with E-state index in [1.807, 2.05) is 0 Å². The molecule has 0 unspecified atom stereocenters. The van der Waals surface area contributed by atoms with Gasteiger partial charge in [0.1, 0.15) is 5.82 Å². The van der Waals surface area contributed by atoms with Crippen molar-refractivity contribution in [1.82, 2.24) is 10.0 Å². The molecule has 0 atom stereocenters. The highest BCUT2D eigenvalue weighted by Crippen LogP contribution is 2.25. The minimum absolute atomic E-state index is 0.0330. The van der Waals surface area contributed by atoms with Crippen LogP contribution in [0.25, 0.3) is 0 Å². The molecule has 148 valence electrons. The number of hydrogen-bond acceptors (Lipinski definition) is 4. The van der Waals surface area contributed by atoms with E-state index in [2.05, 4.69) is 15.4 Å². The highest BCUT2D eigenvalue weighted by Gasteiger charge is 2.19. The Hall–Kier alpha value is -2.78. The molecule has 3 N–H and O–H groups in total. The first kappa shape index (κ1) is 20.0. The topological polar surface area (TPSA) is 104 Å². The average molecular weight is 405 g/mol. The van der Waals surface area contributed by atoms with Gasteiger partial charge in [-0.25, -0.2) is 17.5 Å². The molecule has 0 saturated carbocycles. The zero-order chi connectivity index (χ0) is 20.1. The van der Waals surface area contributed by atoms with Crippen molar-refractivity contribution in [2.24, 2.45) is 0 Å². The number of sulfonamides is 1. The maximum atomic E-state index is 12.9. The summed E-state index contributed by atoms with van der Waals surface area (Å²) in [6, 6.07) is 10.2. The van der Waals surface area contributed by atoms with Crippen LogP contribution in [-0.4, -0.2) is 33.3 Å². The lowest BCUT2D eigenvalue weighted by atomic mass is 10.0. The van der Waals surface area contributed by atoms with Gasteiger partial charge in [0, 0.05) is 25.2 Å². The largest absolute Gasteiger partial charge is 0.355 e. The summed E-state index contributed by atoms with van der Waals surface area (Å²) < 4.78 is 40.1. The van der Waals surface area contributed by atoms with Crippen molar-refractivity contribution in [2.45, 2.75) is 24.2 Å². The van der Waals surface area contributed by atoms with Crippen LogP contribution in [0.4, 0.5) is 10.1 Å².